The van der Waals surface area contributed by atoms with E-state index in [4.69, 9.17) is 7.85 Å². The summed E-state index contributed by atoms with van der Waals surface area (Å²) in [6, 6.07) is -0.154. The number of carbonyl (C=O) groups is 1. The zero-order chi connectivity index (χ0) is 8.69. The summed E-state index contributed by atoms with van der Waals surface area (Å²) in [7, 11) is 6.75. The first-order chi connectivity index (χ1) is 5.22. The Bertz CT molecular complexity index is 119. The van der Waals surface area contributed by atoms with Gasteiger partial charge in [0, 0.05) is 7.11 Å². The molecule has 0 aromatic heterocycles. The standard InChI is InChI=1S/C7H14BNO2/c1-6(9-4-3-8)7(10)5-11-2/h6,9H,3-5H2,1-2H3. The Morgan fingerprint density at radius 2 is 2.36 bits per heavy atom. The van der Waals surface area contributed by atoms with E-state index in [0.717, 1.165) is 0 Å². The van der Waals surface area contributed by atoms with E-state index >= 15 is 0 Å². The van der Waals surface area contributed by atoms with Crippen LogP contribution in [0.3, 0.4) is 0 Å². The van der Waals surface area contributed by atoms with Crippen molar-refractivity contribution in [3.05, 3.63) is 0 Å². The van der Waals surface area contributed by atoms with Crippen LogP contribution in [0.2, 0.25) is 6.32 Å². The van der Waals surface area contributed by atoms with Gasteiger partial charge in [0.2, 0.25) is 0 Å². The second kappa shape index (κ2) is 6.37. The Morgan fingerprint density at radius 3 is 2.82 bits per heavy atom. The molecule has 0 saturated heterocycles. The third-order valence-corrected chi connectivity index (χ3v) is 1.36. The summed E-state index contributed by atoms with van der Waals surface area (Å²) in [4.78, 5) is 11.0. The molecule has 2 radical (unpaired) electrons. The number of carbonyl (C=O) groups excluding carboxylic acids is 1. The van der Waals surface area contributed by atoms with Gasteiger partial charge in [-0.15, -0.1) is 0 Å². The predicted octanol–water partition coefficient (Wildman–Crippen LogP) is -0.233. The van der Waals surface area contributed by atoms with Gasteiger partial charge in [-0.25, -0.2) is 0 Å². The van der Waals surface area contributed by atoms with Crippen LogP contribution in [-0.4, -0.2) is 39.9 Å². The number of hydrogen-bond acceptors (Lipinski definition) is 3. The molecule has 1 N–H and O–H groups in total. The second-order valence-corrected chi connectivity index (χ2v) is 2.36. The minimum atomic E-state index is -0.154. The van der Waals surface area contributed by atoms with Crippen molar-refractivity contribution >= 4 is 13.6 Å². The van der Waals surface area contributed by atoms with Crippen LogP contribution < -0.4 is 5.32 Å². The summed E-state index contributed by atoms with van der Waals surface area (Å²) in [6.07, 6.45) is 0.546. The molecule has 1 unspecified atom stereocenters. The lowest BCUT2D eigenvalue weighted by atomic mass is 10.1. The van der Waals surface area contributed by atoms with Gasteiger partial charge in [-0.3, -0.25) is 4.79 Å². The maximum atomic E-state index is 11.0. The lowest BCUT2D eigenvalue weighted by Crippen LogP contribution is -2.36. The first kappa shape index (κ1) is 10.7. The molecule has 0 aromatic carbocycles. The molecule has 0 spiro atoms. The molecule has 0 aromatic rings. The number of hydrogen-bond donors (Lipinski definition) is 1. The number of Topliss-reactive ketones (excluding diaryl/α,β-unsaturated/α-hetero) is 1. The van der Waals surface area contributed by atoms with Crippen molar-refractivity contribution in [2.24, 2.45) is 0 Å². The Labute approximate surface area is 68.9 Å². The zero-order valence-electron chi connectivity index (χ0n) is 7.09. The number of ketones is 1. The molecular formula is C7H14BNO2. The number of nitrogens with one attached hydrogen (secondary N) is 1. The Hall–Kier alpha value is -0.345. The third-order valence-electron chi connectivity index (χ3n) is 1.36. The highest BCUT2D eigenvalue weighted by molar-refractivity contribution is 6.08. The largest absolute Gasteiger partial charge is 0.377 e. The van der Waals surface area contributed by atoms with Crippen LogP contribution in [0.15, 0.2) is 0 Å². The lowest BCUT2D eigenvalue weighted by molar-refractivity contribution is -0.124. The van der Waals surface area contributed by atoms with E-state index in [1.807, 2.05) is 0 Å². The molecule has 62 valence electrons. The molecule has 0 rings (SSSR count). The molecule has 1 atom stereocenters. The average Bonchev–Trinajstić information content (AvgIpc) is 2.00. The minimum Gasteiger partial charge on any atom is -0.377 e. The average molecular weight is 155 g/mol. The zero-order valence-corrected chi connectivity index (χ0v) is 7.09. The van der Waals surface area contributed by atoms with Gasteiger partial charge in [0.25, 0.3) is 0 Å². The van der Waals surface area contributed by atoms with Gasteiger partial charge in [0.15, 0.2) is 5.78 Å². The van der Waals surface area contributed by atoms with Crippen molar-refractivity contribution in [3.63, 3.8) is 0 Å². The fourth-order valence-electron chi connectivity index (χ4n) is 0.681. The fraction of sp³-hybridized carbons (Fsp3) is 0.857. The van der Waals surface area contributed by atoms with Gasteiger partial charge in [-0.2, -0.15) is 0 Å². The molecule has 0 fully saturated rings. The molecule has 0 heterocycles. The van der Waals surface area contributed by atoms with Crippen molar-refractivity contribution in [2.75, 3.05) is 20.3 Å². The number of ether oxygens (including phenoxy) is 1. The molecule has 4 heteroatoms. The van der Waals surface area contributed by atoms with Crippen LogP contribution in [0, 0.1) is 0 Å². The molecule has 0 aliphatic heterocycles. The van der Waals surface area contributed by atoms with Gasteiger partial charge in [0.1, 0.15) is 6.61 Å². The summed E-state index contributed by atoms with van der Waals surface area (Å²) >= 11 is 0. The Balaban J connectivity index is 3.46. The van der Waals surface area contributed by atoms with Gasteiger partial charge in [0.05, 0.1) is 13.9 Å². The molecule has 0 aliphatic rings. The highest BCUT2D eigenvalue weighted by Gasteiger charge is 2.09. The topological polar surface area (TPSA) is 38.3 Å². The first-order valence-electron chi connectivity index (χ1n) is 3.67. The maximum Gasteiger partial charge on any atom is 0.174 e. The summed E-state index contributed by atoms with van der Waals surface area (Å²) < 4.78 is 4.68. The molecule has 3 nitrogen and oxygen atoms in total. The minimum absolute atomic E-state index is 0.0564. The van der Waals surface area contributed by atoms with Crippen molar-refractivity contribution in [2.45, 2.75) is 19.3 Å². The molecule has 0 bridgehead atoms. The quantitative estimate of drug-likeness (QED) is 0.538. The van der Waals surface area contributed by atoms with Crippen LogP contribution >= 0.6 is 0 Å². The van der Waals surface area contributed by atoms with Crippen LogP contribution in [0.4, 0.5) is 0 Å². The van der Waals surface area contributed by atoms with Crippen LogP contribution in [0.5, 0.6) is 0 Å². The van der Waals surface area contributed by atoms with E-state index in [1.165, 1.54) is 7.11 Å². The van der Waals surface area contributed by atoms with Gasteiger partial charge in [-0.05, 0) is 13.5 Å². The number of rotatable bonds is 6. The van der Waals surface area contributed by atoms with Crippen molar-refractivity contribution in [1.29, 1.82) is 0 Å². The highest BCUT2D eigenvalue weighted by atomic mass is 16.5. The monoisotopic (exact) mass is 155 g/mol. The molecule has 0 aliphatic carbocycles. The predicted molar refractivity (Wildman–Crippen MR) is 44.9 cm³/mol. The van der Waals surface area contributed by atoms with E-state index in [9.17, 15) is 4.79 Å². The SMILES string of the molecule is [B]CCNC(C)C(=O)COC. The Morgan fingerprint density at radius 1 is 1.73 bits per heavy atom. The van der Waals surface area contributed by atoms with Crippen LogP contribution in [0.25, 0.3) is 0 Å². The van der Waals surface area contributed by atoms with E-state index in [-0.39, 0.29) is 18.4 Å². The second-order valence-electron chi connectivity index (χ2n) is 2.36. The molecular weight excluding hydrogens is 141 g/mol. The molecule has 0 saturated carbocycles. The van der Waals surface area contributed by atoms with Crippen LogP contribution in [-0.2, 0) is 9.53 Å². The normalized spacial score (nSPS) is 12.9. The molecule has 0 amide bonds. The fourth-order valence-corrected chi connectivity index (χ4v) is 0.681. The maximum absolute atomic E-state index is 11.0. The lowest BCUT2D eigenvalue weighted by Gasteiger charge is -2.10. The van der Waals surface area contributed by atoms with Crippen LogP contribution in [0.1, 0.15) is 6.92 Å². The Kier molecular flexibility index (Phi) is 6.17. The van der Waals surface area contributed by atoms with Crippen molar-refractivity contribution in [3.8, 4) is 0 Å². The van der Waals surface area contributed by atoms with E-state index in [0.29, 0.717) is 12.9 Å². The van der Waals surface area contributed by atoms with E-state index in [2.05, 4.69) is 10.1 Å². The first-order valence-corrected chi connectivity index (χ1v) is 3.67. The van der Waals surface area contributed by atoms with E-state index in [1.54, 1.807) is 6.92 Å². The van der Waals surface area contributed by atoms with Gasteiger partial charge in [-0.1, -0.05) is 6.32 Å². The van der Waals surface area contributed by atoms with Crippen molar-refractivity contribution in [1.82, 2.24) is 5.32 Å². The summed E-state index contributed by atoms with van der Waals surface area (Å²) in [5.41, 5.74) is 0. The number of methoxy groups -OCH3 is 1. The van der Waals surface area contributed by atoms with Crippen molar-refractivity contribution < 1.29 is 9.53 Å². The third kappa shape index (κ3) is 4.98. The summed E-state index contributed by atoms with van der Waals surface area (Å²) in [5.74, 6) is 0.0564. The smallest absolute Gasteiger partial charge is 0.174 e. The highest BCUT2D eigenvalue weighted by Crippen LogP contribution is 1.85. The summed E-state index contributed by atoms with van der Waals surface area (Å²) in [6.45, 7) is 2.63. The molecule has 11 heavy (non-hydrogen) atoms. The summed E-state index contributed by atoms with van der Waals surface area (Å²) in [5, 5.41) is 2.96. The van der Waals surface area contributed by atoms with Gasteiger partial charge >= 0.3 is 0 Å². The van der Waals surface area contributed by atoms with Gasteiger partial charge < -0.3 is 10.1 Å². The van der Waals surface area contributed by atoms with E-state index < -0.39 is 0 Å².